The second kappa shape index (κ2) is 15.5. The quantitative estimate of drug-likeness (QED) is 0.164. The molecule has 0 spiro atoms. The molecule has 0 aliphatic rings. The topological polar surface area (TPSA) is 206 Å². The highest BCUT2D eigenvalue weighted by molar-refractivity contribution is 5.93. The van der Waals surface area contributed by atoms with Crippen LogP contribution in [0.1, 0.15) is 32.8 Å². The molecule has 0 aromatic heterocycles. The van der Waals surface area contributed by atoms with Crippen molar-refractivity contribution >= 4 is 41.9 Å². The molecule has 1 aromatic rings. The molecule has 1 aromatic carbocycles. The third-order valence-electron chi connectivity index (χ3n) is 4.70. The molecule has 0 saturated carbocycles. The first-order chi connectivity index (χ1) is 15.9. The van der Waals surface area contributed by atoms with Gasteiger partial charge in [0.05, 0.1) is 19.1 Å². The van der Waals surface area contributed by atoms with Crippen molar-refractivity contribution < 1.29 is 29.1 Å². The summed E-state index contributed by atoms with van der Waals surface area (Å²) in [5.41, 5.74) is 11.6. The third kappa shape index (κ3) is 12.6. The Hall–Kier alpha value is -3.38. The average molecular weight is 515 g/mol. The van der Waals surface area contributed by atoms with Gasteiger partial charge in [-0.25, -0.2) is 0 Å². The van der Waals surface area contributed by atoms with E-state index in [1.54, 1.807) is 12.1 Å². The number of halogens is 1. The summed E-state index contributed by atoms with van der Waals surface area (Å²) in [6.45, 7) is 4.39. The van der Waals surface area contributed by atoms with E-state index in [1.807, 2.05) is 13.8 Å². The number of aromatic hydroxyl groups is 1. The minimum Gasteiger partial charge on any atom is -0.508 e. The molecule has 5 amide bonds. The van der Waals surface area contributed by atoms with Crippen LogP contribution in [0.3, 0.4) is 0 Å². The van der Waals surface area contributed by atoms with Gasteiger partial charge in [-0.1, -0.05) is 26.0 Å². The summed E-state index contributed by atoms with van der Waals surface area (Å²) < 4.78 is 0. The van der Waals surface area contributed by atoms with Crippen molar-refractivity contribution in [3.05, 3.63) is 29.8 Å². The molecule has 12 nitrogen and oxygen atoms in total. The van der Waals surface area contributed by atoms with Gasteiger partial charge in [-0.2, -0.15) is 0 Å². The number of primary amides is 1. The van der Waals surface area contributed by atoms with Gasteiger partial charge in [0.1, 0.15) is 17.8 Å². The van der Waals surface area contributed by atoms with Crippen molar-refractivity contribution in [3.8, 4) is 5.75 Å². The molecule has 35 heavy (non-hydrogen) atoms. The van der Waals surface area contributed by atoms with Crippen LogP contribution in [0.4, 0.5) is 0 Å². The van der Waals surface area contributed by atoms with Crippen LogP contribution in [-0.2, 0) is 30.4 Å². The first-order valence-electron chi connectivity index (χ1n) is 10.9. The van der Waals surface area contributed by atoms with Crippen LogP contribution in [0.25, 0.3) is 0 Å². The predicted octanol–water partition coefficient (Wildman–Crippen LogP) is -1.56. The largest absolute Gasteiger partial charge is 0.508 e. The van der Waals surface area contributed by atoms with Crippen molar-refractivity contribution in [2.45, 2.75) is 51.7 Å². The summed E-state index contributed by atoms with van der Waals surface area (Å²) in [4.78, 5) is 59.9. The van der Waals surface area contributed by atoms with Gasteiger partial charge in [0.15, 0.2) is 0 Å². The smallest absolute Gasteiger partial charge is 0.243 e. The Morgan fingerprint density at radius 2 is 1.46 bits per heavy atom. The lowest BCUT2D eigenvalue weighted by molar-refractivity contribution is -0.132. The van der Waals surface area contributed by atoms with Crippen molar-refractivity contribution in [3.63, 3.8) is 0 Å². The number of nitrogens with one attached hydrogen (secondary N) is 4. The lowest BCUT2D eigenvalue weighted by Crippen LogP contribution is -2.54. The zero-order valence-electron chi connectivity index (χ0n) is 20.0. The molecule has 3 atom stereocenters. The average Bonchev–Trinajstić information content (AvgIpc) is 2.76. The maximum atomic E-state index is 12.3. The fraction of sp³-hybridized carbons (Fsp3) is 0.500. The second-order valence-corrected chi connectivity index (χ2v) is 8.36. The van der Waals surface area contributed by atoms with Crippen molar-refractivity contribution in [2.24, 2.45) is 17.4 Å². The Labute approximate surface area is 210 Å². The molecule has 9 N–H and O–H groups in total. The second-order valence-electron chi connectivity index (χ2n) is 8.36. The molecule has 0 radical (unpaired) electrons. The number of hydrogen-bond acceptors (Lipinski definition) is 7. The molecule has 0 aliphatic heterocycles. The Morgan fingerprint density at radius 3 is 2.00 bits per heavy atom. The molecule has 0 aliphatic carbocycles. The van der Waals surface area contributed by atoms with Crippen molar-refractivity contribution in [1.29, 1.82) is 0 Å². The number of rotatable bonds is 13. The van der Waals surface area contributed by atoms with E-state index in [-0.39, 0.29) is 37.0 Å². The SMILES string of the molecule is CC(C)CC(NC(=O)CNC(=O)C(C)NC(=O)C(N)Cc1ccc(O)cc1)C(=O)NCC(N)=O.Cl. The fourth-order valence-corrected chi connectivity index (χ4v) is 2.93. The fourth-order valence-electron chi connectivity index (χ4n) is 2.93. The molecular formula is C22H35ClN6O6. The number of phenols is 1. The Balaban J connectivity index is 0.0000116. The van der Waals surface area contributed by atoms with Gasteiger partial charge < -0.3 is 37.8 Å². The van der Waals surface area contributed by atoms with E-state index in [1.165, 1.54) is 19.1 Å². The predicted molar refractivity (Wildman–Crippen MR) is 131 cm³/mol. The number of nitrogens with two attached hydrogens (primary N) is 2. The molecular weight excluding hydrogens is 480 g/mol. The van der Waals surface area contributed by atoms with E-state index in [4.69, 9.17) is 11.5 Å². The standard InChI is InChI=1S/C22H34N6O6.ClH/c1-12(2)8-17(22(34)25-10-18(24)30)28-19(31)11-26-20(32)13(3)27-21(33)16(23)9-14-4-6-15(29)7-5-14;/h4-7,12-13,16-17,29H,8-11,23H2,1-3H3,(H2,24,30)(H,25,34)(H,26,32)(H,27,33)(H,28,31);1H. The van der Waals surface area contributed by atoms with Crippen LogP contribution in [0.5, 0.6) is 5.75 Å². The van der Waals surface area contributed by atoms with E-state index >= 15 is 0 Å². The molecule has 1 rings (SSSR count). The van der Waals surface area contributed by atoms with Gasteiger partial charge in [0.25, 0.3) is 0 Å². The molecule has 13 heteroatoms. The molecule has 0 fully saturated rings. The number of hydrogen-bond donors (Lipinski definition) is 7. The van der Waals surface area contributed by atoms with E-state index in [0.717, 1.165) is 5.56 Å². The minimum atomic E-state index is -0.962. The van der Waals surface area contributed by atoms with E-state index in [0.29, 0.717) is 6.42 Å². The van der Waals surface area contributed by atoms with Crippen LogP contribution in [0.2, 0.25) is 0 Å². The maximum absolute atomic E-state index is 12.3. The van der Waals surface area contributed by atoms with Crippen molar-refractivity contribution in [1.82, 2.24) is 21.3 Å². The molecule has 3 unspecified atom stereocenters. The summed E-state index contributed by atoms with van der Waals surface area (Å²) in [7, 11) is 0. The number of carbonyl (C=O) groups is 5. The van der Waals surface area contributed by atoms with Gasteiger partial charge in [0, 0.05) is 0 Å². The molecule has 0 heterocycles. The van der Waals surface area contributed by atoms with Gasteiger partial charge in [-0.15, -0.1) is 12.4 Å². The van der Waals surface area contributed by atoms with Crippen molar-refractivity contribution in [2.75, 3.05) is 13.1 Å². The van der Waals surface area contributed by atoms with Crippen LogP contribution >= 0.6 is 12.4 Å². The summed E-state index contributed by atoms with van der Waals surface area (Å²) >= 11 is 0. The minimum absolute atomic E-state index is 0. The maximum Gasteiger partial charge on any atom is 0.243 e. The Morgan fingerprint density at radius 1 is 0.886 bits per heavy atom. The molecule has 0 bridgehead atoms. The van der Waals surface area contributed by atoms with Gasteiger partial charge >= 0.3 is 0 Å². The highest BCUT2D eigenvalue weighted by Crippen LogP contribution is 2.11. The van der Waals surface area contributed by atoms with Gasteiger partial charge in [0.2, 0.25) is 29.5 Å². The number of benzene rings is 1. The lowest BCUT2D eigenvalue weighted by Gasteiger charge is -2.21. The summed E-state index contributed by atoms with van der Waals surface area (Å²) in [5.74, 6) is -2.89. The third-order valence-corrected chi connectivity index (χ3v) is 4.70. The normalized spacial score (nSPS) is 12.9. The van der Waals surface area contributed by atoms with Gasteiger partial charge in [-0.05, 0) is 43.4 Å². The highest BCUT2D eigenvalue weighted by atomic mass is 35.5. The Kier molecular flexibility index (Phi) is 14.0. The van der Waals surface area contributed by atoms with E-state index < -0.39 is 54.2 Å². The number of amides is 5. The summed E-state index contributed by atoms with van der Waals surface area (Å²) in [6.07, 6.45) is 0.521. The summed E-state index contributed by atoms with van der Waals surface area (Å²) in [6, 6.07) is 3.45. The van der Waals surface area contributed by atoms with Gasteiger partial charge in [-0.3, -0.25) is 24.0 Å². The number of carbonyl (C=O) groups excluding carboxylic acids is 5. The first-order valence-corrected chi connectivity index (χ1v) is 10.9. The molecule has 196 valence electrons. The lowest BCUT2D eigenvalue weighted by atomic mass is 10.0. The monoisotopic (exact) mass is 514 g/mol. The summed E-state index contributed by atoms with van der Waals surface area (Å²) in [5, 5.41) is 19.0. The molecule has 0 saturated heterocycles. The van der Waals surface area contributed by atoms with Crippen LogP contribution < -0.4 is 32.7 Å². The van der Waals surface area contributed by atoms with E-state index in [9.17, 15) is 29.1 Å². The number of phenolic OH excluding ortho intramolecular Hbond substituents is 1. The van der Waals surface area contributed by atoms with Crippen LogP contribution in [-0.4, -0.2) is 65.9 Å². The highest BCUT2D eigenvalue weighted by Gasteiger charge is 2.24. The van der Waals surface area contributed by atoms with Crippen LogP contribution in [0, 0.1) is 5.92 Å². The van der Waals surface area contributed by atoms with E-state index in [2.05, 4.69) is 21.3 Å². The Bertz CT molecular complexity index is 880. The first kappa shape index (κ1) is 31.6. The zero-order chi connectivity index (χ0) is 25.8. The van der Waals surface area contributed by atoms with Crippen LogP contribution in [0.15, 0.2) is 24.3 Å². The zero-order valence-corrected chi connectivity index (χ0v) is 20.8.